The number of halogens is 4. The van der Waals surface area contributed by atoms with E-state index in [4.69, 9.17) is 83.6 Å². The van der Waals surface area contributed by atoms with Crippen molar-refractivity contribution in [1.29, 1.82) is 0 Å². The summed E-state index contributed by atoms with van der Waals surface area (Å²) >= 11 is 27.2. The quantitative estimate of drug-likeness (QED) is 0.0745. The molecule has 2 saturated heterocycles. The predicted octanol–water partition coefficient (Wildman–Crippen LogP) is 26.7. The van der Waals surface area contributed by atoms with Gasteiger partial charge in [-0.15, -0.1) is 34.0 Å². The Morgan fingerprint density at radius 2 is 0.713 bits per heavy atom. The minimum Gasteiger partial charge on any atom is -0.479 e. The molecule has 19 rings (SSSR count). The maximum absolute atomic E-state index is 13.5. The van der Waals surface area contributed by atoms with E-state index in [-0.39, 0.29) is 13.2 Å². The fraction of sp³-hybridized carbons (Fsp3) is 0.382. The first-order valence-electron chi connectivity index (χ1n) is 44.1. The van der Waals surface area contributed by atoms with Crippen LogP contribution in [-0.4, -0.2) is 124 Å². The number of rotatable bonds is 19. The number of hydrogen-bond donors (Lipinski definition) is 1. The largest absolute Gasteiger partial charge is 0.479 e. The molecule has 9 aromatic carbocycles. The lowest BCUT2D eigenvalue weighted by molar-refractivity contribution is -0.167. The van der Waals surface area contributed by atoms with Crippen molar-refractivity contribution in [1.82, 2.24) is 44.3 Å². The van der Waals surface area contributed by atoms with E-state index in [1.807, 2.05) is 210 Å². The van der Waals surface area contributed by atoms with E-state index in [0.717, 1.165) is 199 Å². The highest BCUT2D eigenvalue weighted by Crippen LogP contribution is 2.54. The summed E-state index contributed by atoms with van der Waals surface area (Å²) < 4.78 is 39.5. The van der Waals surface area contributed by atoms with E-state index in [9.17, 15) is 19.5 Å². The third-order valence-electron chi connectivity index (χ3n) is 24.8. The summed E-state index contributed by atoms with van der Waals surface area (Å²) in [5.74, 6) is 0.268. The number of thiazole rings is 3. The van der Waals surface area contributed by atoms with Gasteiger partial charge in [0.1, 0.15) is 19.6 Å². The second kappa shape index (κ2) is 35.8. The molecule has 1 N–H and O–H groups in total. The first-order chi connectivity index (χ1) is 61.3. The molecule has 0 amide bonds. The summed E-state index contributed by atoms with van der Waals surface area (Å²) in [4.78, 5) is 59.7. The van der Waals surface area contributed by atoms with Gasteiger partial charge in [-0.3, -0.25) is 14.0 Å². The zero-order valence-corrected chi connectivity index (χ0v) is 82.2. The summed E-state index contributed by atoms with van der Waals surface area (Å²) in [5, 5.41) is 32.6. The van der Waals surface area contributed by atoms with E-state index in [1.54, 1.807) is 40.9 Å². The molecule has 2 spiro atoms. The molecule has 2 saturated carbocycles. The highest BCUT2D eigenvalue weighted by molar-refractivity contribution is 9.10. The van der Waals surface area contributed by atoms with Gasteiger partial charge < -0.3 is 38.6 Å². The van der Waals surface area contributed by atoms with Crippen molar-refractivity contribution in [2.45, 2.75) is 183 Å². The lowest BCUT2D eigenvalue weighted by Gasteiger charge is -2.48. The molecule has 27 heteroatoms. The van der Waals surface area contributed by atoms with Gasteiger partial charge in [0, 0.05) is 139 Å². The van der Waals surface area contributed by atoms with E-state index in [2.05, 4.69) is 91.5 Å². The minimum absolute atomic E-state index is 0.261. The Bertz CT molecular complexity index is 6850. The van der Waals surface area contributed by atoms with Crippen LogP contribution < -0.4 is 9.80 Å². The first-order valence-corrected chi connectivity index (χ1v) is 48.5. The van der Waals surface area contributed by atoms with Crippen molar-refractivity contribution in [3.05, 3.63) is 199 Å². The number of carboxylic acid groups (broad SMARTS) is 1. The Labute approximate surface area is 787 Å². The number of nitrogens with zero attached hydrogens (tertiary/aromatic N) is 11. The zero-order chi connectivity index (χ0) is 91.4. The molecule has 4 fully saturated rings. The van der Waals surface area contributed by atoms with Crippen molar-refractivity contribution in [2.24, 2.45) is 32.0 Å². The second-order valence-electron chi connectivity index (χ2n) is 37.9. The number of fused-ring (bicyclic) bond motifs is 6. The molecule has 8 heterocycles. The van der Waals surface area contributed by atoms with Gasteiger partial charge in [-0.1, -0.05) is 96.9 Å². The van der Waals surface area contributed by atoms with Crippen LogP contribution in [0.1, 0.15) is 179 Å². The number of aryl methyl sites for hydroxylation is 6. The molecular weight excluding hydrogens is 1810 g/mol. The van der Waals surface area contributed by atoms with E-state index >= 15 is 0 Å². The maximum Gasteiger partial charge on any atom is 0.339 e. The highest BCUT2D eigenvalue weighted by atomic mass is 79.9. The van der Waals surface area contributed by atoms with Crippen LogP contribution in [0.5, 0.6) is 0 Å². The Morgan fingerprint density at radius 3 is 1.02 bits per heavy atom. The number of ether oxygens (including phenoxy) is 5. The van der Waals surface area contributed by atoms with Crippen molar-refractivity contribution in [3.8, 4) is 65.1 Å². The van der Waals surface area contributed by atoms with Gasteiger partial charge in [0.25, 0.3) is 0 Å². The molecule has 2 aliphatic carbocycles. The van der Waals surface area contributed by atoms with Crippen molar-refractivity contribution in [2.75, 3.05) is 49.2 Å². The molecule has 0 unspecified atom stereocenters. The number of aliphatic carboxylic acids is 1. The number of aromatic nitrogens is 9. The number of carboxylic acids is 1. The summed E-state index contributed by atoms with van der Waals surface area (Å²) in [7, 11) is 5.96. The zero-order valence-electron chi connectivity index (χ0n) is 75.9. The van der Waals surface area contributed by atoms with Gasteiger partial charge in [0.15, 0.2) is 29.9 Å². The maximum atomic E-state index is 13.5. The first kappa shape index (κ1) is 91.2. The molecule has 3 atom stereocenters. The van der Waals surface area contributed by atoms with Crippen LogP contribution in [-0.2, 0) is 59.2 Å². The fourth-order valence-corrected chi connectivity index (χ4v) is 23.5. The summed E-state index contributed by atoms with van der Waals surface area (Å²) in [5.41, 5.74) is 18.2. The predicted molar refractivity (Wildman–Crippen MR) is 529 cm³/mol. The Kier molecular flexibility index (Phi) is 25.3. The summed E-state index contributed by atoms with van der Waals surface area (Å²) in [6, 6.07) is 48.2. The summed E-state index contributed by atoms with van der Waals surface area (Å²) in [6.07, 6.45) is 7.73. The number of carbonyl (C=O) groups is 3. The number of anilines is 2. The van der Waals surface area contributed by atoms with E-state index < -0.39 is 53.0 Å². The van der Waals surface area contributed by atoms with Crippen LogP contribution in [0, 0.1) is 31.6 Å². The SMILES string of the molecule is CCOC(=O)[C@@H](OC(C)(C)C)c1c(C)cc2nc(-c3ccc4c(c3)c(Br)nn4C)sc2c1-c1ccc(Cl)cc1.CCOC(=O)[C@@H](OC(C)(C)C)c1c(C)cc2nc(-c3ccc4c(c3)c(N3CC5(CCCC5)C3)nn4C)sc2c1-c1ccc(Cl)cc1.Cc1cc2nc(-c3ccc4c(c3)c(N3CC5(CCCC5)C3)nn4C)sc2c(-c2ccc(Cl)cc2)c1[C@H](OC(C)(C)C)C(=O)O. The average Bonchev–Trinajstić information content (AvgIpc) is 1.79. The fourth-order valence-electron chi connectivity index (χ4n) is 19.2. The highest BCUT2D eigenvalue weighted by Gasteiger charge is 2.48. The summed E-state index contributed by atoms with van der Waals surface area (Å²) in [6.45, 7) is 31.7. The molecule has 2 aliphatic heterocycles. The normalized spacial score (nSPS) is 15.7. The lowest BCUT2D eigenvalue weighted by Crippen LogP contribution is -2.55. The van der Waals surface area contributed by atoms with Crippen molar-refractivity contribution >= 4 is 178 Å². The van der Waals surface area contributed by atoms with Gasteiger partial charge in [0.05, 0.1) is 77.2 Å². The Hall–Kier alpha value is -9.70. The lowest BCUT2D eigenvalue weighted by atomic mass is 9.78. The van der Waals surface area contributed by atoms with E-state index in [0.29, 0.717) is 31.5 Å². The molecule has 670 valence electrons. The van der Waals surface area contributed by atoms with Gasteiger partial charge in [-0.2, -0.15) is 15.3 Å². The second-order valence-corrected chi connectivity index (χ2v) is 42.9. The number of carbonyl (C=O) groups excluding carboxylic acids is 2. The molecule has 129 heavy (non-hydrogen) atoms. The number of benzene rings is 9. The van der Waals surface area contributed by atoms with Gasteiger partial charge in [-0.05, 0) is 281 Å². The van der Waals surface area contributed by atoms with Gasteiger partial charge in [-0.25, -0.2) is 29.3 Å². The van der Waals surface area contributed by atoms with Crippen LogP contribution in [0.25, 0.3) is 128 Å². The smallest absolute Gasteiger partial charge is 0.339 e. The molecule has 4 aliphatic rings. The van der Waals surface area contributed by atoms with Crippen LogP contribution in [0.2, 0.25) is 15.1 Å². The Balaban J connectivity index is 0.000000136. The third-order valence-corrected chi connectivity index (χ3v) is 29.6. The Morgan fingerprint density at radius 1 is 0.426 bits per heavy atom. The van der Waals surface area contributed by atoms with Gasteiger partial charge >= 0.3 is 17.9 Å². The van der Waals surface area contributed by atoms with Crippen LogP contribution in [0.4, 0.5) is 11.6 Å². The van der Waals surface area contributed by atoms with E-state index in [1.165, 1.54) is 51.4 Å². The standard InChI is InChI=1S/C37H41ClN4O3S.C35H37ClN4O3S.C30H29BrClN3O3S/c1-7-44-35(43)31(45-36(3,4)5)29-22(2)18-27-32(30(29)23-10-13-25(38)14-11-23)46-34(39-27)24-12-15-28-26(19-24)33(40-41(28)6)42-20-37(21-42)16-8-9-17-37;1-20-16-25-30(28(21-8-11-23(36)12-9-21)27(20)29(33(41)42)43-34(2,3)4)44-32(37-25)22-10-13-26-24(17-22)31(38-39(26)5)40-18-35(19-40)14-6-7-15-35;1-7-37-29(36)25(38-30(3,4)5)23-16(2)14-21-26(24(23)17-8-11-19(32)12-9-17)39-28(33-21)18-10-13-22-20(15-18)27(31)34-35(22)6/h10-15,18-19,31H,7-9,16-17,20-21H2,1-6H3;8-13,16-17,29H,6-7,14-15,18-19H2,1-5H3,(H,41,42);8-15,25H,7H2,1-6H3/t31-;29-;25-/m000/s1. The van der Waals surface area contributed by atoms with Crippen molar-refractivity contribution in [3.63, 3.8) is 0 Å². The van der Waals surface area contributed by atoms with Crippen molar-refractivity contribution < 1.29 is 43.2 Å². The monoisotopic (exact) mass is 1910 g/mol. The van der Waals surface area contributed by atoms with Crippen LogP contribution in [0.15, 0.2) is 150 Å². The molecule has 0 radical (unpaired) electrons. The van der Waals surface area contributed by atoms with Crippen LogP contribution in [0.3, 0.4) is 0 Å². The molecular formula is C102H107BrCl3N11O9S3. The average molecular weight is 1910 g/mol. The molecule has 15 aromatic rings. The number of hydrogen-bond acceptors (Lipinski definition) is 19. The van der Waals surface area contributed by atoms with Crippen LogP contribution >= 0.6 is 84.7 Å². The molecule has 6 aromatic heterocycles. The van der Waals surface area contributed by atoms with Gasteiger partial charge in [0.2, 0.25) is 0 Å². The number of esters is 2. The molecule has 20 nitrogen and oxygen atoms in total. The third kappa shape index (κ3) is 18.5. The molecule has 0 bridgehead atoms. The topological polar surface area (TPSA) is 216 Å². The minimum atomic E-state index is -1.15.